The molecule has 0 heterocycles. The molecule has 0 aromatic heterocycles. The number of rotatable bonds is 5. The van der Waals surface area contributed by atoms with Crippen molar-refractivity contribution in [3.8, 4) is 5.75 Å². The number of halogens is 1. The molecule has 2 rings (SSSR count). The van der Waals surface area contributed by atoms with Crippen LogP contribution in [0.25, 0.3) is 0 Å². The zero-order chi connectivity index (χ0) is 18.4. The van der Waals surface area contributed by atoms with Crippen molar-refractivity contribution in [2.24, 2.45) is 5.10 Å². The summed E-state index contributed by atoms with van der Waals surface area (Å²) >= 11 is 10.9. The number of hydrazone groups is 1. The van der Waals surface area contributed by atoms with Gasteiger partial charge in [-0.25, -0.2) is 0 Å². The van der Waals surface area contributed by atoms with Gasteiger partial charge in [0.15, 0.2) is 10.9 Å². The Kier molecular flexibility index (Phi) is 6.35. The molecular weight excluding hydrogens is 382 g/mol. The molecule has 0 radical (unpaired) electrons. The van der Waals surface area contributed by atoms with Crippen molar-refractivity contribution >= 4 is 45.3 Å². The normalized spacial score (nSPS) is 11.3. The Bertz CT molecular complexity index is 897. The van der Waals surface area contributed by atoms with Crippen molar-refractivity contribution in [3.05, 3.63) is 58.6 Å². The predicted molar refractivity (Wildman–Crippen MR) is 103 cm³/mol. The van der Waals surface area contributed by atoms with E-state index in [1.165, 1.54) is 36.5 Å². The number of thiocarbonyl (C=S) groups is 1. The molecule has 0 saturated heterocycles. The lowest BCUT2D eigenvalue weighted by Crippen LogP contribution is -2.28. The maximum atomic E-state index is 12.4. The molecule has 2 aromatic rings. The van der Waals surface area contributed by atoms with Crippen molar-refractivity contribution in [2.45, 2.75) is 11.8 Å². The van der Waals surface area contributed by atoms with E-state index in [1.807, 2.05) is 6.92 Å². The SMILES string of the molecule is CNC(=S)NN=Cc1cc(Cl)ccc1OS(=O)(=O)c1ccc(C)cc1. The molecule has 0 saturated carbocycles. The van der Waals surface area contributed by atoms with Crippen molar-refractivity contribution in [1.29, 1.82) is 0 Å². The topological polar surface area (TPSA) is 79.8 Å². The van der Waals surface area contributed by atoms with Gasteiger partial charge in [-0.15, -0.1) is 0 Å². The second kappa shape index (κ2) is 8.28. The Morgan fingerprint density at radius 2 is 1.92 bits per heavy atom. The Hall–Kier alpha value is -2.16. The highest BCUT2D eigenvalue weighted by molar-refractivity contribution is 7.87. The number of hydrogen-bond acceptors (Lipinski definition) is 5. The minimum atomic E-state index is -3.97. The van der Waals surface area contributed by atoms with Gasteiger partial charge >= 0.3 is 10.1 Å². The lowest BCUT2D eigenvalue weighted by atomic mass is 10.2. The molecule has 0 aliphatic carbocycles. The zero-order valence-electron chi connectivity index (χ0n) is 13.5. The standard InChI is InChI=1S/C16H16ClN3O3S2/c1-11-3-6-14(7-4-11)25(21,22)23-15-8-5-13(17)9-12(15)10-19-20-16(24)18-2/h3-10H,1-2H3,(H2,18,20,24). The van der Waals surface area contributed by atoms with Crippen LogP contribution in [0.3, 0.4) is 0 Å². The van der Waals surface area contributed by atoms with E-state index in [1.54, 1.807) is 19.2 Å². The quantitative estimate of drug-likeness (QED) is 0.349. The van der Waals surface area contributed by atoms with Crippen LogP contribution in [0.15, 0.2) is 52.5 Å². The van der Waals surface area contributed by atoms with Crippen molar-refractivity contribution in [3.63, 3.8) is 0 Å². The smallest absolute Gasteiger partial charge is 0.339 e. The summed E-state index contributed by atoms with van der Waals surface area (Å²) < 4.78 is 30.1. The van der Waals surface area contributed by atoms with Gasteiger partial charge in [0, 0.05) is 17.6 Å². The number of hydrogen-bond donors (Lipinski definition) is 2. The molecular formula is C16H16ClN3O3S2. The zero-order valence-corrected chi connectivity index (χ0v) is 15.9. The molecule has 25 heavy (non-hydrogen) atoms. The lowest BCUT2D eigenvalue weighted by Gasteiger charge is -2.10. The summed E-state index contributed by atoms with van der Waals surface area (Å²) in [5.74, 6) is 0.103. The highest BCUT2D eigenvalue weighted by Gasteiger charge is 2.18. The molecule has 0 spiro atoms. The van der Waals surface area contributed by atoms with Crippen LogP contribution in [0.4, 0.5) is 0 Å². The molecule has 0 amide bonds. The monoisotopic (exact) mass is 397 g/mol. The van der Waals surface area contributed by atoms with Crippen LogP contribution in [0.5, 0.6) is 5.75 Å². The summed E-state index contributed by atoms with van der Waals surface area (Å²) in [5, 5.41) is 7.34. The number of nitrogens with one attached hydrogen (secondary N) is 2. The van der Waals surface area contributed by atoms with E-state index in [-0.39, 0.29) is 10.6 Å². The first-order chi connectivity index (χ1) is 11.8. The summed E-state index contributed by atoms with van der Waals surface area (Å²) in [7, 11) is -2.33. The molecule has 0 bridgehead atoms. The van der Waals surface area contributed by atoms with Crippen LogP contribution in [0, 0.1) is 6.92 Å². The van der Waals surface area contributed by atoms with Gasteiger partial charge in [-0.2, -0.15) is 13.5 Å². The van der Waals surface area contributed by atoms with Gasteiger partial charge in [0.1, 0.15) is 4.90 Å². The highest BCUT2D eigenvalue weighted by atomic mass is 35.5. The van der Waals surface area contributed by atoms with E-state index in [2.05, 4.69) is 15.8 Å². The summed E-state index contributed by atoms with van der Waals surface area (Å²) in [4.78, 5) is 0.0606. The van der Waals surface area contributed by atoms with Crippen LogP contribution in [0.2, 0.25) is 5.02 Å². The predicted octanol–water partition coefficient (Wildman–Crippen LogP) is 2.84. The van der Waals surface area contributed by atoms with Crippen LogP contribution >= 0.6 is 23.8 Å². The van der Waals surface area contributed by atoms with E-state index in [4.69, 9.17) is 28.0 Å². The highest BCUT2D eigenvalue weighted by Crippen LogP contribution is 2.25. The van der Waals surface area contributed by atoms with Gasteiger partial charge in [0.2, 0.25) is 0 Å². The van der Waals surface area contributed by atoms with Crippen LogP contribution in [-0.2, 0) is 10.1 Å². The third-order valence-corrected chi connectivity index (χ3v) is 4.86. The Morgan fingerprint density at radius 1 is 1.24 bits per heavy atom. The molecule has 0 fully saturated rings. The molecule has 2 N–H and O–H groups in total. The molecule has 0 atom stereocenters. The fourth-order valence-electron chi connectivity index (χ4n) is 1.78. The van der Waals surface area contributed by atoms with E-state index in [0.29, 0.717) is 15.7 Å². The molecule has 6 nitrogen and oxygen atoms in total. The van der Waals surface area contributed by atoms with Crippen LogP contribution < -0.4 is 14.9 Å². The van der Waals surface area contributed by atoms with Crippen LogP contribution in [0.1, 0.15) is 11.1 Å². The van der Waals surface area contributed by atoms with E-state index >= 15 is 0 Å². The third kappa shape index (κ3) is 5.42. The largest absolute Gasteiger partial charge is 0.378 e. The minimum absolute atomic E-state index is 0.0606. The molecule has 2 aromatic carbocycles. The average Bonchev–Trinajstić information content (AvgIpc) is 2.57. The van der Waals surface area contributed by atoms with Gasteiger partial charge in [0.25, 0.3) is 0 Å². The Balaban J connectivity index is 2.29. The second-order valence-corrected chi connectivity index (χ2v) is 7.37. The fraction of sp³-hybridized carbons (Fsp3) is 0.125. The first-order valence-corrected chi connectivity index (χ1v) is 9.33. The first kappa shape index (κ1) is 19.2. The maximum absolute atomic E-state index is 12.4. The van der Waals surface area contributed by atoms with Crippen LogP contribution in [-0.4, -0.2) is 26.8 Å². The Morgan fingerprint density at radius 3 is 2.56 bits per heavy atom. The summed E-state index contributed by atoms with van der Waals surface area (Å²) in [6, 6.07) is 10.9. The lowest BCUT2D eigenvalue weighted by molar-refractivity contribution is 0.485. The van der Waals surface area contributed by atoms with Gasteiger partial charge < -0.3 is 9.50 Å². The first-order valence-electron chi connectivity index (χ1n) is 7.13. The van der Waals surface area contributed by atoms with Gasteiger partial charge in [-0.1, -0.05) is 29.3 Å². The summed E-state index contributed by atoms with van der Waals surface area (Å²) in [6.07, 6.45) is 1.37. The minimum Gasteiger partial charge on any atom is -0.378 e. The fourth-order valence-corrected chi connectivity index (χ4v) is 2.97. The second-order valence-electron chi connectivity index (χ2n) is 4.98. The Labute approximate surface area is 157 Å². The van der Waals surface area contributed by atoms with Crippen molar-refractivity contribution < 1.29 is 12.6 Å². The average molecular weight is 398 g/mol. The van der Waals surface area contributed by atoms with Crippen molar-refractivity contribution in [2.75, 3.05) is 7.05 Å². The maximum Gasteiger partial charge on any atom is 0.339 e. The number of benzene rings is 2. The molecule has 0 aliphatic rings. The van der Waals surface area contributed by atoms with E-state index in [9.17, 15) is 8.42 Å². The summed E-state index contributed by atoms with van der Waals surface area (Å²) in [6.45, 7) is 1.87. The third-order valence-electron chi connectivity index (χ3n) is 3.08. The molecule has 132 valence electrons. The number of aryl methyl sites for hydroxylation is 1. The molecule has 0 unspecified atom stereocenters. The van der Waals surface area contributed by atoms with Gasteiger partial charge in [-0.3, -0.25) is 5.43 Å². The molecule has 9 heteroatoms. The summed E-state index contributed by atoms with van der Waals surface area (Å²) in [5.41, 5.74) is 3.90. The van der Waals surface area contributed by atoms with Crippen molar-refractivity contribution in [1.82, 2.24) is 10.7 Å². The molecule has 0 aliphatic heterocycles. The van der Waals surface area contributed by atoms with E-state index < -0.39 is 10.1 Å². The van der Waals surface area contributed by atoms with Gasteiger partial charge in [-0.05, 0) is 49.5 Å². The van der Waals surface area contributed by atoms with Gasteiger partial charge in [0.05, 0.1) is 6.21 Å². The van der Waals surface area contributed by atoms with E-state index in [0.717, 1.165) is 5.56 Å². The number of nitrogens with zero attached hydrogens (tertiary/aromatic N) is 1.